The maximum absolute atomic E-state index is 11.0. The molecule has 0 bridgehead atoms. The number of likely N-dealkylation sites (tertiary alicyclic amines) is 1. The summed E-state index contributed by atoms with van der Waals surface area (Å²) in [4.78, 5) is 14.7. The molecule has 2 aromatic rings. The normalized spacial score (nSPS) is 19.1. The monoisotopic (exact) mass is 335 g/mol. The van der Waals surface area contributed by atoms with Crippen molar-refractivity contribution in [2.45, 2.75) is 32.0 Å². The first-order valence-electron chi connectivity index (χ1n) is 7.71. The summed E-state index contributed by atoms with van der Waals surface area (Å²) in [5.41, 5.74) is 1.34. The van der Waals surface area contributed by atoms with Crippen LogP contribution in [0.3, 0.4) is 0 Å². The smallest absolute Gasteiger partial charge is 0.356 e. The quantitative estimate of drug-likeness (QED) is 0.879. The first-order valence-corrected chi connectivity index (χ1v) is 8.59. The summed E-state index contributed by atoms with van der Waals surface area (Å²) >= 11 is 1.77. The minimum atomic E-state index is -0.972. The van der Waals surface area contributed by atoms with Crippen LogP contribution in [0.15, 0.2) is 23.7 Å². The van der Waals surface area contributed by atoms with E-state index in [0.717, 1.165) is 32.5 Å². The van der Waals surface area contributed by atoms with Crippen molar-refractivity contribution in [3.8, 4) is 0 Å². The average molecular weight is 335 g/mol. The van der Waals surface area contributed by atoms with E-state index in [4.69, 9.17) is 9.84 Å². The van der Waals surface area contributed by atoms with Gasteiger partial charge in [0.05, 0.1) is 12.6 Å². The molecule has 1 saturated heterocycles. The third-order valence-electron chi connectivity index (χ3n) is 4.08. The Hall–Kier alpha value is -1.70. The molecule has 0 amide bonds. The predicted molar refractivity (Wildman–Crippen MR) is 87.8 cm³/mol. The van der Waals surface area contributed by atoms with Crippen LogP contribution in [0.1, 0.15) is 39.8 Å². The van der Waals surface area contributed by atoms with Gasteiger partial charge in [0.1, 0.15) is 0 Å². The molecule has 2 aromatic heterocycles. The Labute approximate surface area is 139 Å². The van der Waals surface area contributed by atoms with Crippen LogP contribution in [0.4, 0.5) is 0 Å². The lowest BCUT2D eigenvalue weighted by molar-refractivity contribution is 0.0688. The maximum Gasteiger partial charge on any atom is 0.356 e. The van der Waals surface area contributed by atoms with Gasteiger partial charge in [0.25, 0.3) is 0 Å². The number of carbonyl (C=O) groups is 1. The van der Waals surface area contributed by atoms with Crippen LogP contribution in [-0.4, -0.2) is 46.0 Å². The van der Waals surface area contributed by atoms with Gasteiger partial charge >= 0.3 is 5.97 Å². The lowest BCUT2D eigenvalue weighted by Gasteiger charge is -2.32. The van der Waals surface area contributed by atoms with Gasteiger partial charge in [0.15, 0.2) is 5.69 Å². The topological polar surface area (TPSA) is 67.6 Å². The summed E-state index contributed by atoms with van der Waals surface area (Å²) in [5, 5.41) is 15.3. The molecule has 1 aliphatic heterocycles. The number of carboxylic acid groups (broad SMARTS) is 1. The molecule has 1 atom stereocenters. The molecule has 3 rings (SSSR count). The van der Waals surface area contributed by atoms with Crippen molar-refractivity contribution < 1.29 is 14.6 Å². The van der Waals surface area contributed by atoms with Gasteiger partial charge in [-0.15, -0.1) is 11.3 Å². The van der Waals surface area contributed by atoms with Crippen LogP contribution in [0.2, 0.25) is 0 Å². The third-order valence-corrected chi connectivity index (χ3v) is 5.05. The summed E-state index contributed by atoms with van der Waals surface area (Å²) < 4.78 is 6.97. The first kappa shape index (κ1) is 16.2. The number of aromatic carboxylic acids is 1. The summed E-state index contributed by atoms with van der Waals surface area (Å²) in [7, 11) is 1.71. The molecule has 124 valence electrons. The largest absolute Gasteiger partial charge is 0.476 e. The fourth-order valence-electron chi connectivity index (χ4n) is 3.02. The van der Waals surface area contributed by atoms with Gasteiger partial charge in [-0.1, -0.05) is 0 Å². The molecule has 0 spiro atoms. The van der Waals surface area contributed by atoms with E-state index in [1.807, 2.05) is 0 Å². The van der Waals surface area contributed by atoms with E-state index in [1.54, 1.807) is 35.4 Å². The van der Waals surface area contributed by atoms with E-state index in [0.29, 0.717) is 6.61 Å². The second-order valence-corrected chi connectivity index (χ2v) is 6.87. The zero-order valence-corrected chi connectivity index (χ0v) is 14.0. The van der Waals surface area contributed by atoms with Crippen molar-refractivity contribution >= 4 is 17.3 Å². The van der Waals surface area contributed by atoms with Gasteiger partial charge in [-0.2, -0.15) is 5.10 Å². The number of carboxylic acids is 1. The van der Waals surface area contributed by atoms with Gasteiger partial charge in [-0.05, 0) is 42.5 Å². The van der Waals surface area contributed by atoms with Gasteiger partial charge in [0.2, 0.25) is 0 Å². The molecule has 6 nitrogen and oxygen atoms in total. The molecular formula is C16H21N3O3S. The minimum Gasteiger partial charge on any atom is -0.476 e. The fraction of sp³-hybridized carbons (Fsp3) is 0.500. The van der Waals surface area contributed by atoms with Crippen molar-refractivity contribution in [2.24, 2.45) is 0 Å². The summed E-state index contributed by atoms with van der Waals surface area (Å²) in [6.07, 6.45) is 3.92. The van der Waals surface area contributed by atoms with E-state index >= 15 is 0 Å². The van der Waals surface area contributed by atoms with Crippen molar-refractivity contribution in [1.29, 1.82) is 0 Å². The number of hydrogen-bond donors (Lipinski definition) is 1. The van der Waals surface area contributed by atoms with Gasteiger partial charge in [-0.3, -0.25) is 9.58 Å². The molecule has 0 aromatic carbocycles. The molecule has 0 radical (unpaired) electrons. The number of piperidine rings is 1. The minimum absolute atomic E-state index is 0.115. The van der Waals surface area contributed by atoms with E-state index in [1.165, 1.54) is 10.4 Å². The average Bonchev–Trinajstić information content (AvgIpc) is 3.17. The van der Waals surface area contributed by atoms with Gasteiger partial charge < -0.3 is 9.84 Å². The van der Waals surface area contributed by atoms with E-state index in [2.05, 4.69) is 21.4 Å². The molecule has 1 N–H and O–H groups in total. The Kier molecular flexibility index (Phi) is 5.09. The molecular weight excluding hydrogens is 314 g/mol. The third kappa shape index (κ3) is 3.99. The number of methoxy groups -OCH3 is 1. The van der Waals surface area contributed by atoms with E-state index < -0.39 is 5.97 Å². The molecule has 0 saturated carbocycles. The maximum atomic E-state index is 11.0. The summed E-state index contributed by atoms with van der Waals surface area (Å²) in [6, 6.07) is 4.02. The SMILES string of the molecule is COCc1csc(CN2CCCC(n3ccc(C(=O)O)n3)C2)c1. The number of ether oxygens (including phenoxy) is 1. The van der Waals surface area contributed by atoms with E-state index in [9.17, 15) is 4.79 Å². The number of aromatic nitrogens is 2. The van der Waals surface area contributed by atoms with Crippen LogP contribution in [-0.2, 0) is 17.9 Å². The fourth-order valence-corrected chi connectivity index (χ4v) is 3.93. The van der Waals surface area contributed by atoms with Crippen molar-refractivity contribution in [3.05, 3.63) is 39.8 Å². The van der Waals surface area contributed by atoms with Crippen molar-refractivity contribution in [1.82, 2.24) is 14.7 Å². The zero-order valence-electron chi connectivity index (χ0n) is 13.1. The van der Waals surface area contributed by atoms with E-state index in [-0.39, 0.29) is 11.7 Å². The Morgan fingerprint density at radius 1 is 1.57 bits per heavy atom. The van der Waals surface area contributed by atoms with Gasteiger partial charge in [0, 0.05) is 31.3 Å². The molecule has 1 aliphatic rings. The number of hydrogen-bond acceptors (Lipinski definition) is 5. The summed E-state index contributed by atoms with van der Waals surface area (Å²) in [5.74, 6) is -0.972. The number of thiophene rings is 1. The number of rotatable bonds is 6. The van der Waals surface area contributed by atoms with Crippen LogP contribution in [0.5, 0.6) is 0 Å². The van der Waals surface area contributed by atoms with Gasteiger partial charge in [-0.25, -0.2) is 4.79 Å². The highest BCUT2D eigenvalue weighted by Crippen LogP contribution is 2.24. The lowest BCUT2D eigenvalue weighted by Crippen LogP contribution is -2.36. The van der Waals surface area contributed by atoms with Crippen molar-refractivity contribution in [2.75, 3.05) is 20.2 Å². The Balaban J connectivity index is 1.61. The second kappa shape index (κ2) is 7.25. The molecule has 0 aliphatic carbocycles. The summed E-state index contributed by atoms with van der Waals surface area (Å²) in [6.45, 7) is 3.56. The Morgan fingerprint density at radius 3 is 3.17 bits per heavy atom. The predicted octanol–water partition coefficient (Wildman–Crippen LogP) is 2.63. The van der Waals surface area contributed by atoms with Crippen molar-refractivity contribution in [3.63, 3.8) is 0 Å². The highest BCUT2D eigenvalue weighted by Gasteiger charge is 2.23. The Bertz CT molecular complexity index is 667. The van der Waals surface area contributed by atoms with Crippen LogP contribution in [0.25, 0.3) is 0 Å². The highest BCUT2D eigenvalue weighted by molar-refractivity contribution is 7.10. The molecule has 23 heavy (non-hydrogen) atoms. The highest BCUT2D eigenvalue weighted by atomic mass is 32.1. The molecule has 3 heterocycles. The number of nitrogens with zero attached hydrogens (tertiary/aromatic N) is 3. The lowest BCUT2D eigenvalue weighted by atomic mass is 10.1. The Morgan fingerprint density at radius 2 is 2.43 bits per heavy atom. The second-order valence-electron chi connectivity index (χ2n) is 5.87. The molecule has 7 heteroatoms. The van der Waals surface area contributed by atoms with Crippen LogP contribution in [0, 0.1) is 0 Å². The standard InChI is InChI=1S/C16H21N3O3S/c1-22-10-12-7-14(23-11-12)9-18-5-2-3-13(8-18)19-6-4-15(17-19)16(20)21/h4,6-7,11,13H,2-3,5,8-10H2,1H3,(H,20,21). The molecule has 1 unspecified atom stereocenters. The van der Waals surface area contributed by atoms with Crippen LogP contribution >= 0.6 is 11.3 Å². The zero-order chi connectivity index (χ0) is 16.2. The first-order chi connectivity index (χ1) is 11.2. The van der Waals surface area contributed by atoms with Crippen LogP contribution < -0.4 is 0 Å². The molecule has 1 fully saturated rings.